The molecule has 6 heteroatoms. The van der Waals surface area contributed by atoms with E-state index in [4.69, 9.17) is 27.6 Å². The molecule has 1 N–H and O–H groups in total. The summed E-state index contributed by atoms with van der Waals surface area (Å²) in [5, 5.41) is 3.93. The molecule has 1 heterocycles. The molecule has 1 aromatic heterocycles. The fraction of sp³-hybridized carbons (Fsp3) is 0.0476. The first-order chi connectivity index (χ1) is 13.1. The number of fused-ring (bicyclic) bond motifs is 1. The van der Waals surface area contributed by atoms with Crippen LogP contribution in [-0.4, -0.2) is 10.9 Å². The highest BCUT2D eigenvalue weighted by molar-refractivity contribution is 6.35. The standard InChI is InChI=1S/C21H14Cl2N2O2/c22-14-6-8-17(23)16(11-14)21-25-18-12-15(7-9-19(18)27-21)24-20(26)10-13-4-2-1-3-5-13/h1-9,11-12H,10H2,(H,24,26). The lowest BCUT2D eigenvalue weighted by atomic mass is 10.1. The van der Waals surface area contributed by atoms with Crippen LogP contribution in [0.4, 0.5) is 5.69 Å². The number of hydrogen-bond acceptors (Lipinski definition) is 3. The van der Waals surface area contributed by atoms with Gasteiger partial charge in [-0.25, -0.2) is 4.98 Å². The number of hydrogen-bond donors (Lipinski definition) is 1. The van der Waals surface area contributed by atoms with E-state index in [1.807, 2.05) is 30.3 Å². The Bertz CT molecular complexity index is 1120. The number of carbonyl (C=O) groups is 1. The Labute approximate surface area is 165 Å². The fourth-order valence-electron chi connectivity index (χ4n) is 2.77. The number of halogens is 2. The molecule has 0 aliphatic heterocycles. The van der Waals surface area contributed by atoms with Gasteiger partial charge in [0.15, 0.2) is 5.58 Å². The molecule has 27 heavy (non-hydrogen) atoms. The molecule has 3 aromatic carbocycles. The number of oxazole rings is 1. The van der Waals surface area contributed by atoms with E-state index >= 15 is 0 Å². The van der Waals surface area contributed by atoms with Crippen LogP contribution in [0.2, 0.25) is 10.0 Å². The van der Waals surface area contributed by atoms with Crippen LogP contribution in [0.5, 0.6) is 0 Å². The first kappa shape index (κ1) is 17.6. The molecule has 4 rings (SSSR count). The number of rotatable bonds is 4. The van der Waals surface area contributed by atoms with E-state index in [0.717, 1.165) is 5.56 Å². The van der Waals surface area contributed by atoms with Crippen molar-refractivity contribution in [2.75, 3.05) is 5.32 Å². The van der Waals surface area contributed by atoms with Crippen LogP contribution in [0, 0.1) is 0 Å². The van der Waals surface area contributed by atoms with Crippen LogP contribution in [0.15, 0.2) is 71.1 Å². The third kappa shape index (κ3) is 3.97. The minimum Gasteiger partial charge on any atom is -0.436 e. The second kappa shape index (κ2) is 7.43. The molecule has 4 nitrogen and oxygen atoms in total. The number of amides is 1. The average Bonchev–Trinajstić information content (AvgIpc) is 3.07. The Morgan fingerprint density at radius 3 is 2.63 bits per heavy atom. The summed E-state index contributed by atoms with van der Waals surface area (Å²) in [4.78, 5) is 16.7. The smallest absolute Gasteiger partial charge is 0.228 e. The maximum absolute atomic E-state index is 12.2. The predicted molar refractivity (Wildman–Crippen MR) is 108 cm³/mol. The molecule has 0 saturated heterocycles. The van der Waals surface area contributed by atoms with Gasteiger partial charge in [-0.3, -0.25) is 4.79 Å². The lowest BCUT2D eigenvalue weighted by Crippen LogP contribution is -2.14. The zero-order chi connectivity index (χ0) is 18.8. The van der Waals surface area contributed by atoms with Crippen molar-refractivity contribution in [3.05, 3.63) is 82.3 Å². The number of nitrogens with one attached hydrogen (secondary N) is 1. The third-order valence-corrected chi connectivity index (χ3v) is 4.60. The van der Waals surface area contributed by atoms with Gasteiger partial charge >= 0.3 is 0 Å². The highest BCUT2D eigenvalue weighted by atomic mass is 35.5. The molecule has 0 saturated carbocycles. The molecule has 134 valence electrons. The van der Waals surface area contributed by atoms with E-state index in [1.54, 1.807) is 36.4 Å². The van der Waals surface area contributed by atoms with Crippen LogP contribution < -0.4 is 5.32 Å². The van der Waals surface area contributed by atoms with Gasteiger partial charge in [0.25, 0.3) is 0 Å². The van der Waals surface area contributed by atoms with E-state index in [0.29, 0.717) is 44.7 Å². The van der Waals surface area contributed by atoms with E-state index in [2.05, 4.69) is 10.3 Å². The summed E-state index contributed by atoms with van der Waals surface area (Å²) < 4.78 is 5.78. The third-order valence-electron chi connectivity index (χ3n) is 4.04. The van der Waals surface area contributed by atoms with E-state index in [9.17, 15) is 4.79 Å². The summed E-state index contributed by atoms with van der Waals surface area (Å²) in [7, 11) is 0. The lowest BCUT2D eigenvalue weighted by Gasteiger charge is -2.04. The van der Waals surface area contributed by atoms with Gasteiger partial charge < -0.3 is 9.73 Å². The van der Waals surface area contributed by atoms with Crippen molar-refractivity contribution in [2.24, 2.45) is 0 Å². The maximum Gasteiger partial charge on any atom is 0.228 e. The van der Waals surface area contributed by atoms with Crippen LogP contribution >= 0.6 is 23.2 Å². The molecular weight excluding hydrogens is 383 g/mol. The van der Waals surface area contributed by atoms with Crippen LogP contribution in [-0.2, 0) is 11.2 Å². The number of benzene rings is 3. The molecule has 0 unspecified atom stereocenters. The quantitative estimate of drug-likeness (QED) is 0.461. The Kier molecular flexibility index (Phi) is 4.84. The SMILES string of the molecule is O=C(Cc1ccccc1)Nc1ccc2oc(-c3cc(Cl)ccc3Cl)nc2c1. The summed E-state index contributed by atoms with van der Waals surface area (Å²) in [5.41, 5.74) is 3.45. The second-order valence-electron chi connectivity index (χ2n) is 6.04. The fourth-order valence-corrected chi connectivity index (χ4v) is 3.14. The molecule has 0 bridgehead atoms. The first-order valence-corrected chi connectivity index (χ1v) is 9.04. The van der Waals surface area contributed by atoms with Gasteiger partial charge in [0.2, 0.25) is 11.8 Å². The topological polar surface area (TPSA) is 55.1 Å². The van der Waals surface area contributed by atoms with Crippen molar-refractivity contribution in [3.8, 4) is 11.5 Å². The number of anilines is 1. The zero-order valence-corrected chi connectivity index (χ0v) is 15.6. The van der Waals surface area contributed by atoms with E-state index in [-0.39, 0.29) is 5.91 Å². The highest BCUT2D eigenvalue weighted by Crippen LogP contribution is 2.32. The second-order valence-corrected chi connectivity index (χ2v) is 6.88. The normalized spacial score (nSPS) is 10.9. The summed E-state index contributed by atoms with van der Waals surface area (Å²) in [6.45, 7) is 0. The van der Waals surface area contributed by atoms with Crippen molar-refractivity contribution < 1.29 is 9.21 Å². The van der Waals surface area contributed by atoms with E-state index < -0.39 is 0 Å². The van der Waals surface area contributed by atoms with Gasteiger partial charge in [-0.05, 0) is 42.0 Å². The predicted octanol–water partition coefficient (Wildman–Crippen LogP) is 5.98. The zero-order valence-electron chi connectivity index (χ0n) is 14.1. The lowest BCUT2D eigenvalue weighted by molar-refractivity contribution is -0.115. The van der Waals surface area contributed by atoms with E-state index in [1.165, 1.54) is 0 Å². The molecule has 1 amide bonds. The van der Waals surface area contributed by atoms with Crippen LogP contribution in [0.1, 0.15) is 5.56 Å². The minimum absolute atomic E-state index is 0.0952. The van der Waals surface area contributed by atoms with Crippen molar-refractivity contribution >= 4 is 45.9 Å². The first-order valence-electron chi connectivity index (χ1n) is 8.28. The molecular formula is C21H14Cl2N2O2. The van der Waals surface area contributed by atoms with Gasteiger partial charge in [-0.2, -0.15) is 0 Å². The van der Waals surface area contributed by atoms with Crippen LogP contribution in [0.25, 0.3) is 22.6 Å². The molecule has 4 aromatic rings. The molecule has 0 spiro atoms. The van der Waals surface area contributed by atoms with Crippen molar-refractivity contribution in [1.29, 1.82) is 0 Å². The number of carbonyl (C=O) groups excluding carboxylic acids is 1. The summed E-state index contributed by atoms with van der Waals surface area (Å²) in [6, 6.07) is 20.0. The maximum atomic E-state index is 12.2. The molecule has 0 atom stereocenters. The van der Waals surface area contributed by atoms with Gasteiger partial charge in [0, 0.05) is 10.7 Å². The van der Waals surface area contributed by atoms with Crippen molar-refractivity contribution in [3.63, 3.8) is 0 Å². The summed E-state index contributed by atoms with van der Waals surface area (Å²) in [5.74, 6) is 0.285. The van der Waals surface area contributed by atoms with Crippen molar-refractivity contribution in [2.45, 2.75) is 6.42 Å². The van der Waals surface area contributed by atoms with Gasteiger partial charge in [0.1, 0.15) is 5.52 Å². The Hall–Kier alpha value is -2.82. The molecule has 0 aliphatic carbocycles. The molecule has 0 radical (unpaired) electrons. The number of aromatic nitrogens is 1. The summed E-state index contributed by atoms with van der Waals surface area (Å²) >= 11 is 12.3. The van der Waals surface area contributed by atoms with Crippen molar-refractivity contribution in [1.82, 2.24) is 4.98 Å². The van der Waals surface area contributed by atoms with Crippen LogP contribution in [0.3, 0.4) is 0 Å². The Morgan fingerprint density at radius 2 is 1.81 bits per heavy atom. The minimum atomic E-state index is -0.0952. The van der Waals surface area contributed by atoms with Gasteiger partial charge in [-0.1, -0.05) is 53.5 Å². The Balaban J connectivity index is 1.57. The monoisotopic (exact) mass is 396 g/mol. The van der Waals surface area contributed by atoms with Gasteiger partial charge in [0.05, 0.1) is 17.0 Å². The summed E-state index contributed by atoms with van der Waals surface area (Å²) in [6.07, 6.45) is 0.307. The number of nitrogens with zero attached hydrogens (tertiary/aromatic N) is 1. The average molecular weight is 397 g/mol. The largest absolute Gasteiger partial charge is 0.436 e. The Morgan fingerprint density at radius 1 is 1.00 bits per heavy atom. The molecule has 0 fully saturated rings. The molecule has 0 aliphatic rings. The van der Waals surface area contributed by atoms with Gasteiger partial charge in [-0.15, -0.1) is 0 Å². The highest BCUT2D eigenvalue weighted by Gasteiger charge is 2.13.